The van der Waals surface area contributed by atoms with Crippen LogP contribution in [0, 0.1) is 0 Å². The molecule has 0 bridgehead atoms. The molecule has 11 heteroatoms. The van der Waals surface area contributed by atoms with Crippen molar-refractivity contribution >= 4 is 33.2 Å². The first-order valence-corrected chi connectivity index (χ1v) is 11.3. The molecule has 0 aliphatic rings. The summed E-state index contributed by atoms with van der Waals surface area (Å²) in [5.74, 6) is 1.15. The van der Waals surface area contributed by atoms with Gasteiger partial charge in [-0.1, -0.05) is 40.1 Å². The fourth-order valence-electron chi connectivity index (χ4n) is 2.36. The van der Waals surface area contributed by atoms with Gasteiger partial charge < -0.3 is 9.22 Å². The van der Waals surface area contributed by atoms with Crippen LogP contribution in [0.4, 0.5) is 0 Å². The van der Waals surface area contributed by atoms with Crippen LogP contribution in [-0.2, 0) is 11.8 Å². The Balaban J connectivity index is 1.70. The molecule has 27 heavy (non-hydrogen) atoms. The van der Waals surface area contributed by atoms with Gasteiger partial charge in [-0.2, -0.15) is 4.68 Å². The summed E-state index contributed by atoms with van der Waals surface area (Å²) < 4.78 is 8.51. The number of imidazole rings is 1. The van der Waals surface area contributed by atoms with E-state index in [1.807, 2.05) is 0 Å². The second kappa shape index (κ2) is 10.1. The molecule has 0 radical (unpaired) electrons. The largest absolute Gasteiger partial charge is 0.460 e. The van der Waals surface area contributed by atoms with Crippen molar-refractivity contribution in [2.24, 2.45) is 7.05 Å². The second-order valence-corrected chi connectivity index (χ2v) is 9.50. The summed E-state index contributed by atoms with van der Waals surface area (Å²) in [5.41, 5.74) is -0.302. The molecular formula is C16H27N6O3S2+. The minimum Gasteiger partial charge on any atom is -0.460 e. The predicted molar refractivity (Wildman–Crippen MR) is 108 cm³/mol. The maximum atomic E-state index is 12.1. The third-order valence-electron chi connectivity index (χ3n) is 4.07. The minimum absolute atomic E-state index is 0.00725. The topological polar surface area (TPSA) is 91.4 Å². The number of unbranched alkanes of at least 4 members (excludes halogenated alkanes) is 1. The Kier molecular flexibility index (Phi) is 8.11. The molecule has 0 atom stereocenters. The zero-order valence-electron chi connectivity index (χ0n) is 16.3. The average molecular weight is 416 g/mol. The molecule has 2 aromatic heterocycles. The highest BCUT2D eigenvalue weighted by molar-refractivity contribution is 8.76. The van der Waals surface area contributed by atoms with E-state index in [0.29, 0.717) is 5.75 Å². The summed E-state index contributed by atoms with van der Waals surface area (Å²) in [7, 11) is 9.47. The van der Waals surface area contributed by atoms with Gasteiger partial charge in [-0.25, -0.2) is 19.0 Å². The van der Waals surface area contributed by atoms with E-state index in [1.54, 1.807) is 21.6 Å². The van der Waals surface area contributed by atoms with Crippen molar-refractivity contribution in [3.8, 4) is 0 Å². The monoisotopic (exact) mass is 415 g/mol. The lowest BCUT2D eigenvalue weighted by molar-refractivity contribution is -0.888. The van der Waals surface area contributed by atoms with Gasteiger partial charge in [-0.3, -0.25) is 0 Å². The highest BCUT2D eigenvalue weighted by Crippen LogP contribution is 2.21. The lowest BCUT2D eigenvalue weighted by atomic mass is 10.3. The Labute approximate surface area is 166 Å². The molecule has 2 aromatic rings. The highest BCUT2D eigenvalue weighted by atomic mass is 33.1. The van der Waals surface area contributed by atoms with E-state index in [0.717, 1.165) is 21.5 Å². The Bertz CT molecular complexity index is 820. The number of carbonyl (C=O) groups is 1. The number of aryl methyl sites for hydroxylation is 1. The van der Waals surface area contributed by atoms with Crippen LogP contribution in [0.25, 0.3) is 5.65 Å². The van der Waals surface area contributed by atoms with E-state index < -0.39 is 11.7 Å². The lowest BCUT2D eigenvalue weighted by Crippen LogP contribution is -2.42. The molecule has 0 N–H and O–H groups in total. The maximum absolute atomic E-state index is 12.1. The fourth-order valence-corrected chi connectivity index (χ4v) is 4.45. The van der Waals surface area contributed by atoms with Crippen molar-refractivity contribution in [3.05, 3.63) is 22.5 Å². The van der Waals surface area contributed by atoms with Crippen molar-refractivity contribution in [1.82, 2.24) is 24.4 Å². The number of nitrogens with zero attached hydrogens (tertiary/aromatic N) is 6. The van der Waals surface area contributed by atoms with Crippen molar-refractivity contribution in [1.29, 1.82) is 0 Å². The molecule has 0 spiro atoms. The number of fused-ring (bicyclic) bond motifs is 1. The number of aromatic nitrogens is 5. The Morgan fingerprint density at radius 2 is 2.00 bits per heavy atom. The van der Waals surface area contributed by atoms with Crippen LogP contribution >= 0.6 is 21.6 Å². The molecule has 2 heterocycles. The molecule has 0 unspecified atom stereocenters. The Morgan fingerprint density at radius 1 is 1.26 bits per heavy atom. The van der Waals surface area contributed by atoms with Crippen LogP contribution in [-0.4, -0.2) is 80.1 Å². The first-order chi connectivity index (χ1) is 12.9. The normalized spacial score (nSPS) is 11.9. The predicted octanol–water partition coefficient (Wildman–Crippen LogP) is 1.24. The quantitative estimate of drug-likeness (QED) is 0.234. The number of ether oxygens (including phenoxy) is 1. The number of rotatable bonds is 11. The fraction of sp³-hybridized carbons (Fsp3) is 0.688. The maximum Gasteiger partial charge on any atom is 0.361 e. The van der Waals surface area contributed by atoms with E-state index >= 15 is 0 Å². The van der Waals surface area contributed by atoms with Gasteiger partial charge in [-0.15, -0.1) is 5.10 Å². The van der Waals surface area contributed by atoms with Gasteiger partial charge in [0.15, 0.2) is 11.3 Å². The number of esters is 1. The molecule has 0 aromatic carbocycles. The van der Waals surface area contributed by atoms with E-state index in [9.17, 15) is 9.59 Å². The summed E-state index contributed by atoms with van der Waals surface area (Å²) in [6.07, 6.45) is 3.73. The minimum atomic E-state index is -0.594. The van der Waals surface area contributed by atoms with E-state index in [1.165, 1.54) is 37.2 Å². The zero-order valence-corrected chi connectivity index (χ0v) is 17.9. The van der Waals surface area contributed by atoms with Crippen LogP contribution in [0.1, 0.15) is 30.3 Å². The molecule has 150 valence electrons. The van der Waals surface area contributed by atoms with Gasteiger partial charge >= 0.3 is 11.7 Å². The SMILES string of the molecule is CCCC[N+](C)(C)CCSSCCOC(=O)c1ncn2c(=O)n(C)nnc12. The lowest BCUT2D eigenvalue weighted by Gasteiger charge is -2.29. The van der Waals surface area contributed by atoms with E-state index in [2.05, 4.69) is 36.3 Å². The summed E-state index contributed by atoms with van der Waals surface area (Å²) in [4.78, 5) is 28.0. The molecule has 0 saturated carbocycles. The molecule has 0 aliphatic heterocycles. The first-order valence-electron chi connectivity index (χ1n) is 8.86. The standard InChI is InChI=1S/C16H27N6O3S2/c1-5-6-7-22(3,4)8-10-26-27-11-9-25-15(23)13-14-18-19-20(2)16(24)21(14)12-17-13/h12H,5-11H2,1-4H3/q+1. The van der Waals surface area contributed by atoms with Gasteiger partial charge in [0.25, 0.3) is 0 Å². The summed E-state index contributed by atoms with van der Waals surface area (Å²) in [6, 6.07) is 0. The van der Waals surface area contributed by atoms with Crippen molar-refractivity contribution in [2.45, 2.75) is 19.8 Å². The molecule has 0 amide bonds. The smallest absolute Gasteiger partial charge is 0.361 e. The van der Waals surface area contributed by atoms with E-state index in [4.69, 9.17) is 4.74 Å². The van der Waals surface area contributed by atoms with Crippen LogP contribution in [0.2, 0.25) is 0 Å². The van der Waals surface area contributed by atoms with Gasteiger partial charge in [0.1, 0.15) is 12.9 Å². The first kappa shape index (κ1) is 21.7. The molecule has 2 rings (SSSR count). The number of quaternary nitrogens is 1. The van der Waals surface area contributed by atoms with Gasteiger partial charge in [0.2, 0.25) is 0 Å². The molecule has 0 aliphatic carbocycles. The van der Waals surface area contributed by atoms with Crippen molar-refractivity contribution < 1.29 is 14.0 Å². The van der Waals surface area contributed by atoms with Gasteiger partial charge in [0.05, 0.1) is 32.9 Å². The number of hydrogen-bond acceptors (Lipinski definition) is 8. The molecule has 0 saturated heterocycles. The van der Waals surface area contributed by atoms with Crippen LogP contribution in [0.5, 0.6) is 0 Å². The Morgan fingerprint density at radius 3 is 2.74 bits per heavy atom. The molecular weight excluding hydrogens is 388 g/mol. The average Bonchev–Trinajstić information content (AvgIpc) is 3.07. The molecule has 9 nitrogen and oxygen atoms in total. The zero-order chi connectivity index (χ0) is 19.9. The van der Waals surface area contributed by atoms with Crippen LogP contribution < -0.4 is 5.69 Å². The van der Waals surface area contributed by atoms with Crippen LogP contribution in [0.3, 0.4) is 0 Å². The second-order valence-electron chi connectivity index (χ2n) is 6.80. The summed E-state index contributed by atoms with van der Waals surface area (Å²) in [6.45, 7) is 4.81. The summed E-state index contributed by atoms with van der Waals surface area (Å²) in [5, 5.41) is 7.50. The number of hydrogen-bond donors (Lipinski definition) is 0. The Hall–Kier alpha value is -1.59. The van der Waals surface area contributed by atoms with Gasteiger partial charge in [-0.05, 0) is 6.42 Å². The van der Waals surface area contributed by atoms with Crippen LogP contribution in [0.15, 0.2) is 11.1 Å². The third-order valence-corrected chi connectivity index (χ3v) is 6.42. The number of carbonyl (C=O) groups excluding carboxylic acids is 1. The van der Waals surface area contributed by atoms with Gasteiger partial charge in [0, 0.05) is 12.8 Å². The third kappa shape index (κ3) is 6.22. The summed E-state index contributed by atoms with van der Waals surface area (Å²) >= 11 is 0. The van der Waals surface area contributed by atoms with Crippen molar-refractivity contribution in [2.75, 3.05) is 45.3 Å². The van der Waals surface area contributed by atoms with E-state index in [-0.39, 0.29) is 17.9 Å². The highest BCUT2D eigenvalue weighted by Gasteiger charge is 2.18. The molecule has 0 fully saturated rings. The van der Waals surface area contributed by atoms with Crippen molar-refractivity contribution in [3.63, 3.8) is 0 Å².